The summed E-state index contributed by atoms with van der Waals surface area (Å²) in [6, 6.07) is 29.0. The van der Waals surface area contributed by atoms with Gasteiger partial charge in [-0.1, -0.05) is 91.0 Å². The van der Waals surface area contributed by atoms with Crippen LogP contribution in [-0.4, -0.2) is 43.2 Å². The van der Waals surface area contributed by atoms with Gasteiger partial charge in [0.2, 0.25) is 5.91 Å². The average Bonchev–Trinajstić information content (AvgIpc) is 2.92. The number of carbonyl (C=O) groups excluding carboxylic acids is 1. The van der Waals surface area contributed by atoms with Crippen molar-refractivity contribution < 1.29 is 28.5 Å². The smallest absolute Gasteiger partial charge is 0.217 e. The highest BCUT2D eigenvalue weighted by molar-refractivity contribution is 5.73. The molecule has 0 bridgehead atoms. The van der Waals surface area contributed by atoms with Gasteiger partial charge < -0.3 is 29.0 Å². The van der Waals surface area contributed by atoms with E-state index in [9.17, 15) is 4.79 Å². The maximum Gasteiger partial charge on any atom is 0.217 e. The third kappa shape index (κ3) is 6.00. The molecule has 2 saturated heterocycles. The molecule has 0 radical (unpaired) electrons. The first-order valence-electron chi connectivity index (χ1n) is 12.2. The number of fused-ring (bicyclic) bond motifs is 1. The van der Waals surface area contributed by atoms with Crippen molar-refractivity contribution in [2.75, 3.05) is 6.61 Å². The third-order valence-electron chi connectivity index (χ3n) is 6.32. The zero-order valence-electron chi connectivity index (χ0n) is 20.2. The van der Waals surface area contributed by atoms with Crippen molar-refractivity contribution >= 4 is 5.91 Å². The number of carbonyl (C=O) groups is 1. The van der Waals surface area contributed by atoms with Crippen molar-refractivity contribution in [3.8, 4) is 0 Å². The summed E-state index contributed by atoms with van der Waals surface area (Å²) < 4.78 is 31.4. The normalized spacial score (nSPS) is 27.7. The van der Waals surface area contributed by atoms with E-state index < -0.39 is 36.9 Å². The van der Waals surface area contributed by atoms with Gasteiger partial charge in [0.1, 0.15) is 24.4 Å². The fourth-order valence-corrected chi connectivity index (χ4v) is 4.60. The standard InChI is InChI=1S/C29H31NO6/c1-20(31)30-25-27(32-17-21-11-5-2-6-12-21)26-24(19-34-28(36-26)23-15-9-4-10-16-23)35-29(25)33-18-22-13-7-3-8-14-22/h2-16,24-29H,17-19H2,1H3,(H,30,31)/t24?,25-,26+,27+,28?,29+/m0/s1. The Balaban J connectivity index is 1.40. The topological polar surface area (TPSA) is 75.3 Å². The van der Waals surface area contributed by atoms with Crippen LogP contribution in [0, 0.1) is 0 Å². The molecule has 6 atom stereocenters. The Bertz CT molecular complexity index is 1100. The van der Waals surface area contributed by atoms with Crippen LogP contribution in [0.15, 0.2) is 91.0 Å². The molecular formula is C29H31NO6. The number of benzene rings is 3. The van der Waals surface area contributed by atoms with E-state index in [0.29, 0.717) is 19.8 Å². The van der Waals surface area contributed by atoms with Gasteiger partial charge in [0.05, 0.1) is 19.8 Å². The lowest BCUT2D eigenvalue weighted by Crippen LogP contribution is -2.67. The Hall–Kier alpha value is -3.07. The summed E-state index contributed by atoms with van der Waals surface area (Å²) in [5.41, 5.74) is 2.94. The third-order valence-corrected chi connectivity index (χ3v) is 6.32. The number of amides is 1. The minimum atomic E-state index is -0.739. The number of ether oxygens (including phenoxy) is 5. The second-order valence-electron chi connectivity index (χ2n) is 9.00. The lowest BCUT2D eigenvalue weighted by molar-refractivity contribution is -0.350. The van der Waals surface area contributed by atoms with E-state index in [1.54, 1.807) is 0 Å². The minimum absolute atomic E-state index is 0.199. The summed E-state index contributed by atoms with van der Waals surface area (Å²) >= 11 is 0. The van der Waals surface area contributed by atoms with E-state index in [-0.39, 0.29) is 5.91 Å². The number of rotatable bonds is 8. The predicted molar refractivity (Wildman–Crippen MR) is 133 cm³/mol. The molecule has 3 aromatic carbocycles. The van der Waals surface area contributed by atoms with E-state index in [4.69, 9.17) is 23.7 Å². The molecule has 5 rings (SSSR count). The molecule has 0 saturated carbocycles. The van der Waals surface area contributed by atoms with Gasteiger partial charge in [-0.15, -0.1) is 0 Å². The molecule has 36 heavy (non-hydrogen) atoms. The highest BCUT2D eigenvalue weighted by Crippen LogP contribution is 2.36. The van der Waals surface area contributed by atoms with Gasteiger partial charge in [0.15, 0.2) is 12.6 Å². The molecule has 2 heterocycles. The molecule has 2 aliphatic heterocycles. The fourth-order valence-electron chi connectivity index (χ4n) is 4.60. The quantitative estimate of drug-likeness (QED) is 0.513. The van der Waals surface area contributed by atoms with E-state index in [1.807, 2.05) is 91.0 Å². The predicted octanol–water partition coefficient (Wildman–Crippen LogP) is 4.13. The van der Waals surface area contributed by atoms with Crippen LogP contribution in [0.5, 0.6) is 0 Å². The van der Waals surface area contributed by atoms with Gasteiger partial charge in [0.25, 0.3) is 0 Å². The summed E-state index contributed by atoms with van der Waals surface area (Å²) in [5.74, 6) is -0.199. The Morgan fingerprint density at radius 1 is 0.833 bits per heavy atom. The maximum atomic E-state index is 12.3. The van der Waals surface area contributed by atoms with E-state index in [2.05, 4.69) is 5.32 Å². The van der Waals surface area contributed by atoms with Gasteiger partial charge in [-0.25, -0.2) is 0 Å². The summed E-state index contributed by atoms with van der Waals surface area (Å²) in [6.45, 7) is 2.48. The summed E-state index contributed by atoms with van der Waals surface area (Å²) in [4.78, 5) is 12.3. The van der Waals surface area contributed by atoms with Crippen LogP contribution < -0.4 is 5.32 Å². The first-order chi connectivity index (χ1) is 17.7. The molecule has 2 unspecified atom stereocenters. The van der Waals surface area contributed by atoms with Crippen LogP contribution in [0.3, 0.4) is 0 Å². The van der Waals surface area contributed by atoms with Crippen LogP contribution in [0.4, 0.5) is 0 Å². The van der Waals surface area contributed by atoms with Crippen molar-refractivity contribution in [3.05, 3.63) is 108 Å². The molecule has 188 valence electrons. The molecule has 7 heteroatoms. The van der Waals surface area contributed by atoms with Gasteiger partial charge in [0, 0.05) is 12.5 Å². The van der Waals surface area contributed by atoms with Crippen LogP contribution in [0.2, 0.25) is 0 Å². The largest absolute Gasteiger partial charge is 0.368 e. The molecule has 2 aliphatic rings. The zero-order valence-corrected chi connectivity index (χ0v) is 20.2. The Morgan fingerprint density at radius 2 is 1.42 bits per heavy atom. The second kappa shape index (κ2) is 11.8. The van der Waals surface area contributed by atoms with Crippen LogP contribution >= 0.6 is 0 Å². The lowest BCUT2D eigenvalue weighted by atomic mass is 9.95. The number of nitrogens with one attached hydrogen (secondary N) is 1. The Morgan fingerprint density at radius 3 is 2.03 bits per heavy atom. The highest BCUT2D eigenvalue weighted by Gasteiger charge is 2.51. The minimum Gasteiger partial charge on any atom is -0.368 e. The molecule has 2 fully saturated rings. The van der Waals surface area contributed by atoms with Gasteiger partial charge in [-0.05, 0) is 11.1 Å². The average molecular weight is 490 g/mol. The summed E-state index contributed by atoms with van der Waals surface area (Å²) in [5, 5.41) is 3.01. The molecular weight excluding hydrogens is 458 g/mol. The Kier molecular flexibility index (Phi) is 8.05. The summed E-state index contributed by atoms with van der Waals surface area (Å²) in [7, 11) is 0. The Labute approximate surface area is 211 Å². The summed E-state index contributed by atoms with van der Waals surface area (Å²) in [6.07, 6.45) is -2.71. The first-order valence-corrected chi connectivity index (χ1v) is 12.2. The van der Waals surface area contributed by atoms with Crippen molar-refractivity contribution in [3.63, 3.8) is 0 Å². The number of hydrogen-bond donors (Lipinski definition) is 1. The van der Waals surface area contributed by atoms with Crippen LogP contribution in [0.25, 0.3) is 0 Å². The number of hydrogen-bond acceptors (Lipinski definition) is 6. The maximum absolute atomic E-state index is 12.3. The van der Waals surface area contributed by atoms with E-state index in [1.165, 1.54) is 6.92 Å². The molecule has 0 spiro atoms. The van der Waals surface area contributed by atoms with Crippen LogP contribution in [0.1, 0.15) is 29.9 Å². The van der Waals surface area contributed by atoms with Crippen molar-refractivity contribution in [1.29, 1.82) is 0 Å². The van der Waals surface area contributed by atoms with E-state index in [0.717, 1.165) is 16.7 Å². The monoisotopic (exact) mass is 489 g/mol. The molecule has 0 aromatic heterocycles. The van der Waals surface area contributed by atoms with Crippen molar-refractivity contribution in [2.24, 2.45) is 0 Å². The SMILES string of the molecule is CC(=O)N[C@@H]1[C@H](OCc2ccccc2)OC2COC(c3ccccc3)O[C@H]2[C@@H]1OCc1ccccc1. The molecule has 1 N–H and O–H groups in total. The molecule has 0 aliphatic carbocycles. The zero-order chi connectivity index (χ0) is 24.7. The van der Waals surface area contributed by atoms with Gasteiger partial charge >= 0.3 is 0 Å². The van der Waals surface area contributed by atoms with Gasteiger partial charge in [-0.2, -0.15) is 0 Å². The van der Waals surface area contributed by atoms with Crippen molar-refractivity contribution in [2.45, 2.75) is 57.1 Å². The van der Waals surface area contributed by atoms with Gasteiger partial charge in [-0.3, -0.25) is 4.79 Å². The second-order valence-corrected chi connectivity index (χ2v) is 9.00. The molecule has 1 amide bonds. The van der Waals surface area contributed by atoms with Crippen LogP contribution in [-0.2, 0) is 41.7 Å². The lowest BCUT2D eigenvalue weighted by Gasteiger charge is -2.49. The van der Waals surface area contributed by atoms with Crippen molar-refractivity contribution in [1.82, 2.24) is 5.32 Å². The fraction of sp³-hybridized carbons (Fsp3) is 0.345. The molecule has 3 aromatic rings. The first kappa shape index (κ1) is 24.6. The molecule has 7 nitrogen and oxygen atoms in total. The van der Waals surface area contributed by atoms with E-state index >= 15 is 0 Å². The highest BCUT2D eigenvalue weighted by atomic mass is 16.7.